The Balaban J connectivity index is 1.38. The summed E-state index contributed by atoms with van der Waals surface area (Å²) in [4.78, 5) is 72.7. The van der Waals surface area contributed by atoms with Crippen LogP contribution in [0.2, 0.25) is 0 Å². The molecule has 4 heterocycles. The maximum atomic E-state index is 13.2. The number of oxime groups is 1. The van der Waals surface area contributed by atoms with Crippen molar-refractivity contribution in [3.05, 3.63) is 63.2 Å². The summed E-state index contributed by atoms with van der Waals surface area (Å²) >= 11 is 2.23. The van der Waals surface area contributed by atoms with Crippen molar-refractivity contribution >= 4 is 57.7 Å². The molecular weight excluding hydrogens is 604 g/mol. The van der Waals surface area contributed by atoms with E-state index in [1.165, 1.54) is 43.3 Å². The highest BCUT2D eigenvalue weighted by Crippen LogP contribution is 2.41. The lowest BCUT2D eigenvalue weighted by Crippen LogP contribution is -2.71. The number of aromatic hydroxyl groups is 1. The van der Waals surface area contributed by atoms with Gasteiger partial charge in [0.05, 0.1) is 0 Å². The predicted molar refractivity (Wildman–Crippen MR) is 155 cm³/mol. The summed E-state index contributed by atoms with van der Waals surface area (Å²) in [6.07, 6.45) is 3.16. The molecule has 43 heavy (non-hydrogen) atoms. The SMILES string of the molecule is CC(C)(O/N=C(\C(=O)NC1C(=O)N2C(C(=O)O)=C(Cn3ccc4ccc(O)c(=O)c-4c3)CS[C@H]12)c1csc(N)n1)C(=O)O. The molecule has 224 valence electrons. The zero-order valence-electron chi connectivity index (χ0n) is 22.5. The molecule has 1 saturated heterocycles. The number of fused-ring (bicyclic) bond motifs is 2. The highest BCUT2D eigenvalue weighted by Gasteiger charge is 2.54. The van der Waals surface area contributed by atoms with Gasteiger partial charge in [0.2, 0.25) is 11.0 Å². The van der Waals surface area contributed by atoms with Crippen LogP contribution in [0.25, 0.3) is 11.1 Å². The largest absolute Gasteiger partial charge is 0.504 e. The second kappa shape index (κ2) is 11.1. The van der Waals surface area contributed by atoms with E-state index in [0.717, 1.165) is 16.2 Å². The molecule has 5 rings (SSSR count). The highest BCUT2D eigenvalue weighted by atomic mass is 32.2. The molecule has 3 aliphatic heterocycles. The second-order valence-corrected chi connectivity index (χ2v) is 12.1. The number of carboxylic acid groups (broad SMARTS) is 2. The molecule has 0 radical (unpaired) electrons. The molecule has 2 amide bonds. The van der Waals surface area contributed by atoms with Crippen molar-refractivity contribution < 1.29 is 39.3 Å². The van der Waals surface area contributed by atoms with Gasteiger partial charge in [0.25, 0.3) is 11.8 Å². The third-order valence-corrected chi connectivity index (χ3v) is 8.73. The van der Waals surface area contributed by atoms with Gasteiger partial charge in [-0.25, -0.2) is 14.6 Å². The first kappa shape index (κ1) is 29.6. The lowest BCUT2D eigenvalue weighted by atomic mass is 10.0. The number of nitrogens with one attached hydrogen (secondary N) is 1. The molecule has 1 fully saturated rings. The predicted octanol–water partition coefficient (Wildman–Crippen LogP) is 0.720. The molecule has 1 unspecified atom stereocenters. The van der Waals surface area contributed by atoms with Crippen LogP contribution < -0.4 is 16.5 Å². The number of aliphatic carboxylic acids is 2. The van der Waals surface area contributed by atoms with Gasteiger partial charge in [-0.05, 0) is 37.1 Å². The molecule has 6 N–H and O–H groups in total. The smallest absolute Gasteiger partial charge is 0.352 e. The van der Waals surface area contributed by atoms with Crippen molar-refractivity contribution in [1.82, 2.24) is 19.8 Å². The number of nitrogens with two attached hydrogens (primary N) is 1. The minimum atomic E-state index is -1.79. The van der Waals surface area contributed by atoms with Crippen LogP contribution in [0.5, 0.6) is 5.75 Å². The van der Waals surface area contributed by atoms with Crippen LogP contribution in [0, 0.1) is 0 Å². The Hall–Kier alpha value is -4.90. The van der Waals surface area contributed by atoms with Gasteiger partial charge in [-0.3, -0.25) is 19.3 Å². The number of phenols is 1. The van der Waals surface area contributed by atoms with Crippen LogP contribution in [-0.2, 0) is 30.6 Å². The molecule has 4 aliphatic rings. The van der Waals surface area contributed by atoms with Crippen molar-refractivity contribution in [2.24, 2.45) is 5.16 Å². The maximum Gasteiger partial charge on any atom is 0.352 e. The number of thioether (sulfide) groups is 1. The normalized spacial score (nSPS) is 18.7. The molecule has 0 bridgehead atoms. The number of thiazole rings is 1. The van der Waals surface area contributed by atoms with Gasteiger partial charge in [-0.15, -0.1) is 23.1 Å². The molecule has 1 aromatic heterocycles. The number of anilines is 1. The summed E-state index contributed by atoms with van der Waals surface area (Å²) in [5.41, 5.74) is 3.92. The monoisotopic (exact) mass is 628 g/mol. The van der Waals surface area contributed by atoms with Crippen molar-refractivity contribution in [1.29, 1.82) is 0 Å². The Morgan fingerprint density at radius 2 is 1.98 bits per heavy atom. The molecule has 2 atom stereocenters. The number of rotatable bonds is 9. The summed E-state index contributed by atoms with van der Waals surface area (Å²) in [6.45, 7) is 2.51. The number of pyridine rings is 1. The zero-order chi connectivity index (χ0) is 31.2. The third kappa shape index (κ3) is 5.51. The minimum Gasteiger partial charge on any atom is -0.504 e. The van der Waals surface area contributed by atoms with Crippen LogP contribution in [0.15, 0.2) is 57.2 Å². The number of nitrogen functional groups attached to an aromatic ring is 1. The number of β-lactam (4-membered cyclic amide) rings is 1. The van der Waals surface area contributed by atoms with E-state index in [4.69, 9.17) is 10.6 Å². The first-order valence-corrected chi connectivity index (χ1v) is 14.4. The van der Waals surface area contributed by atoms with Gasteiger partial charge >= 0.3 is 11.9 Å². The Morgan fingerprint density at radius 3 is 2.63 bits per heavy atom. The molecule has 1 aliphatic carbocycles. The molecule has 17 heteroatoms. The second-order valence-electron chi connectivity index (χ2n) is 10.1. The van der Waals surface area contributed by atoms with E-state index in [1.807, 2.05) is 0 Å². The van der Waals surface area contributed by atoms with Crippen LogP contribution in [0.1, 0.15) is 19.5 Å². The Labute approximate surface area is 250 Å². The van der Waals surface area contributed by atoms with Gasteiger partial charge in [0, 0.05) is 35.6 Å². The first-order chi connectivity index (χ1) is 20.3. The topological polar surface area (TPSA) is 227 Å². The number of benzene rings is 1. The Morgan fingerprint density at radius 1 is 1.23 bits per heavy atom. The Bertz CT molecular complexity index is 1760. The van der Waals surface area contributed by atoms with Crippen molar-refractivity contribution in [2.45, 2.75) is 37.4 Å². The number of carboxylic acids is 2. The van der Waals surface area contributed by atoms with Crippen molar-refractivity contribution in [3.8, 4) is 16.9 Å². The average molecular weight is 629 g/mol. The molecule has 1 aromatic rings. The van der Waals surface area contributed by atoms with E-state index < -0.39 is 57.7 Å². The van der Waals surface area contributed by atoms with Gasteiger partial charge in [0.1, 0.15) is 22.8 Å². The van der Waals surface area contributed by atoms with Gasteiger partial charge in [-0.2, -0.15) is 0 Å². The summed E-state index contributed by atoms with van der Waals surface area (Å²) in [5, 5.41) is 36.1. The molecule has 15 nitrogen and oxygen atoms in total. The van der Waals surface area contributed by atoms with Gasteiger partial charge in [-0.1, -0.05) is 11.2 Å². The fourth-order valence-electron chi connectivity index (χ4n) is 4.40. The summed E-state index contributed by atoms with van der Waals surface area (Å²) in [7, 11) is 0. The average Bonchev–Trinajstić information content (AvgIpc) is 3.39. The van der Waals surface area contributed by atoms with E-state index in [-0.39, 0.29) is 34.4 Å². The van der Waals surface area contributed by atoms with Crippen LogP contribution in [0.3, 0.4) is 0 Å². The molecular formula is C26H24N6O9S2. The van der Waals surface area contributed by atoms with E-state index in [1.54, 1.807) is 22.9 Å². The fourth-order valence-corrected chi connectivity index (χ4v) is 6.28. The summed E-state index contributed by atoms with van der Waals surface area (Å²) in [6, 6.07) is 3.42. The quantitative estimate of drug-likeness (QED) is 0.125. The maximum absolute atomic E-state index is 13.2. The van der Waals surface area contributed by atoms with E-state index in [2.05, 4.69) is 15.5 Å². The van der Waals surface area contributed by atoms with Crippen molar-refractivity contribution in [2.75, 3.05) is 11.5 Å². The highest BCUT2D eigenvalue weighted by molar-refractivity contribution is 8.00. The third-order valence-electron chi connectivity index (χ3n) is 6.72. The number of carbonyl (C=O) groups excluding carboxylic acids is 2. The van der Waals surface area contributed by atoms with E-state index in [0.29, 0.717) is 11.1 Å². The number of carbonyl (C=O) groups is 4. The van der Waals surface area contributed by atoms with Crippen LogP contribution >= 0.6 is 23.1 Å². The number of hydrogen-bond acceptors (Lipinski definition) is 12. The summed E-state index contributed by atoms with van der Waals surface area (Å²) in [5.74, 6) is -4.48. The number of hydrogen-bond donors (Lipinski definition) is 5. The van der Waals surface area contributed by atoms with Crippen LogP contribution in [-0.4, -0.2) is 82.0 Å². The van der Waals surface area contributed by atoms with Gasteiger partial charge < -0.3 is 35.8 Å². The Kier molecular flexibility index (Phi) is 7.61. The number of aromatic nitrogens is 2. The lowest BCUT2D eigenvalue weighted by molar-refractivity contribution is -0.161. The number of amides is 2. The first-order valence-electron chi connectivity index (χ1n) is 12.5. The lowest BCUT2D eigenvalue weighted by Gasteiger charge is -2.49. The zero-order valence-corrected chi connectivity index (χ0v) is 24.1. The molecule has 0 saturated carbocycles. The van der Waals surface area contributed by atoms with Crippen LogP contribution in [0.4, 0.5) is 5.13 Å². The van der Waals surface area contributed by atoms with Crippen molar-refractivity contribution in [3.63, 3.8) is 0 Å². The molecule has 0 spiro atoms. The summed E-state index contributed by atoms with van der Waals surface area (Å²) < 4.78 is 1.59. The van der Waals surface area contributed by atoms with E-state index >= 15 is 0 Å². The number of phenolic OH excluding ortho intramolecular Hbond substituents is 1. The van der Waals surface area contributed by atoms with Gasteiger partial charge in [0.15, 0.2) is 16.6 Å². The number of nitrogens with zero attached hydrogens (tertiary/aromatic N) is 4. The van der Waals surface area contributed by atoms with E-state index in [9.17, 15) is 39.3 Å². The minimum absolute atomic E-state index is 0.00325. The standard InChI is InChI=1S/C26H24N6O9S2/c1-26(2,24(39)40)41-30-16(14-10-43-25(27)28-14)20(35)29-17-21(36)32-18(23(37)38)12(9-42-22(17)32)7-31-6-5-11-3-4-15(33)19(34)13(11)8-31/h3-6,8,10,17,22,33H,7,9H2,1-2H3,(H2,27,28)(H,29,35)(H,37,38)(H,39,40)/b30-16-/t17?,22-/m1/s1. The fraction of sp³-hybridized carbons (Fsp3) is 0.269. The molecule has 0 aromatic carbocycles.